The van der Waals surface area contributed by atoms with Crippen molar-refractivity contribution in [3.05, 3.63) is 95.9 Å². The molecular weight excluding hydrogens is 489 g/mol. The van der Waals surface area contributed by atoms with Crippen molar-refractivity contribution in [3.8, 4) is 11.4 Å². The number of carbonyl (C=O) groups is 1. The van der Waals surface area contributed by atoms with Crippen molar-refractivity contribution in [2.45, 2.75) is 25.4 Å². The van der Waals surface area contributed by atoms with E-state index in [4.69, 9.17) is 16.1 Å². The van der Waals surface area contributed by atoms with Crippen LogP contribution in [-0.4, -0.2) is 43.7 Å². The number of nitrogens with zero attached hydrogens (tertiary/aromatic N) is 5. The third-order valence-corrected chi connectivity index (χ3v) is 6.46. The molecule has 1 aliphatic rings. The molecule has 2 aromatic heterocycles. The van der Waals surface area contributed by atoms with Crippen molar-refractivity contribution in [2.75, 3.05) is 11.6 Å². The number of aliphatic carboxylic acids is 1. The van der Waals surface area contributed by atoms with Gasteiger partial charge in [-0.2, -0.15) is 4.98 Å². The highest BCUT2D eigenvalue weighted by Crippen LogP contribution is 2.30. The van der Waals surface area contributed by atoms with Crippen LogP contribution in [0.4, 0.5) is 10.1 Å². The smallest absolute Gasteiger partial charge is 0.320 e. The number of likely N-dealkylation sites (tertiary alicyclic amines) is 1. The number of carboxylic acid groups (broad SMARTS) is 1. The van der Waals surface area contributed by atoms with Gasteiger partial charge < -0.3 is 15.4 Å². The summed E-state index contributed by atoms with van der Waals surface area (Å²) < 4.78 is 20.0. The molecule has 1 aliphatic heterocycles. The average Bonchev–Trinajstić information content (AvgIpc) is 3.60. The highest BCUT2D eigenvalue weighted by Gasteiger charge is 2.30. The Morgan fingerprint density at radius 1 is 1.13 bits per heavy atom. The highest BCUT2D eigenvalue weighted by atomic mass is 19.1. The number of rotatable bonds is 8. The maximum absolute atomic E-state index is 14.5. The SMILES string of the molecule is N/C(=C(/c1ccncc1)N(N)c1ccccc1F)c1nc(-c2ccc(CN3CCC[C@H]3C(=O)O)cc2)no1. The minimum Gasteiger partial charge on any atom is -0.480 e. The number of para-hydroxylation sites is 1. The first kappa shape index (κ1) is 25.1. The summed E-state index contributed by atoms with van der Waals surface area (Å²) in [6, 6.07) is 16.5. The lowest BCUT2D eigenvalue weighted by molar-refractivity contribution is -0.142. The summed E-state index contributed by atoms with van der Waals surface area (Å²) in [6.07, 6.45) is 4.67. The monoisotopic (exact) mass is 515 g/mol. The van der Waals surface area contributed by atoms with E-state index >= 15 is 0 Å². The lowest BCUT2D eigenvalue weighted by Crippen LogP contribution is -2.35. The van der Waals surface area contributed by atoms with E-state index in [1.54, 1.807) is 36.7 Å². The van der Waals surface area contributed by atoms with Crippen LogP contribution in [0, 0.1) is 5.82 Å². The van der Waals surface area contributed by atoms with E-state index in [0.29, 0.717) is 29.9 Å². The number of hydrazine groups is 1. The van der Waals surface area contributed by atoms with Gasteiger partial charge in [0.2, 0.25) is 5.82 Å². The van der Waals surface area contributed by atoms with Gasteiger partial charge in [-0.3, -0.25) is 19.7 Å². The van der Waals surface area contributed by atoms with Crippen LogP contribution in [0.5, 0.6) is 0 Å². The molecule has 11 heteroatoms. The van der Waals surface area contributed by atoms with Crippen molar-refractivity contribution in [3.63, 3.8) is 0 Å². The summed E-state index contributed by atoms with van der Waals surface area (Å²) in [5.41, 5.74) is 9.16. The summed E-state index contributed by atoms with van der Waals surface area (Å²) in [7, 11) is 0. The van der Waals surface area contributed by atoms with E-state index in [-0.39, 0.29) is 23.0 Å². The largest absolute Gasteiger partial charge is 0.480 e. The fourth-order valence-electron chi connectivity index (χ4n) is 4.54. The van der Waals surface area contributed by atoms with Crippen molar-refractivity contribution in [1.29, 1.82) is 0 Å². The maximum atomic E-state index is 14.5. The van der Waals surface area contributed by atoms with Gasteiger partial charge in [0.15, 0.2) is 0 Å². The number of aromatic nitrogens is 3. The third kappa shape index (κ3) is 5.10. The van der Waals surface area contributed by atoms with Gasteiger partial charge in [0.05, 0.1) is 11.4 Å². The molecule has 2 aromatic carbocycles. The first-order chi connectivity index (χ1) is 18.4. The van der Waals surface area contributed by atoms with Crippen LogP contribution in [-0.2, 0) is 11.3 Å². The molecule has 0 bridgehead atoms. The maximum Gasteiger partial charge on any atom is 0.320 e. The standard InChI is InChI=1S/C27H26FN7O3/c28-20-4-1-2-5-21(20)35(30)24(18-11-13-31-14-12-18)23(29)26-32-25(33-38-26)19-9-7-17(8-10-19)16-34-15-3-6-22(34)27(36)37/h1-2,4-5,7-14,22H,3,6,15-16,29-30H2,(H,36,37)/b24-23-/t22-/m0/s1. The van der Waals surface area contributed by atoms with E-state index in [2.05, 4.69) is 15.1 Å². The Labute approximate surface area is 218 Å². The quantitative estimate of drug-likeness (QED) is 0.235. The van der Waals surface area contributed by atoms with Gasteiger partial charge in [-0.15, -0.1) is 0 Å². The molecule has 4 aromatic rings. The van der Waals surface area contributed by atoms with Crippen LogP contribution in [0.1, 0.15) is 29.9 Å². The fraction of sp³-hybridized carbons (Fsp3) is 0.185. The van der Waals surface area contributed by atoms with Gasteiger partial charge in [0, 0.05) is 30.1 Å². The van der Waals surface area contributed by atoms with Gasteiger partial charge in [-0.05, 0) is 49.2 Å². The molecule has 0 amide bonds. The second kappa shape index (κ2) is 10.8. The molecule has 1 fully saturated rings. The highest BCUT2D eigenvalue weighted by molar-refractivity contribution is 5.93. The van der Waals surface area contributed by atoms with Crippen LogP contribution in [0.25, 0.3) is 22.8 Å². The summed E-state index contributed by atoms with van der Waals surface area (Å²) >= 11 is 0. The van der Waals surface area contributed by atoms with Crippen LogP contribution in [0.15, 0.2) is 77.6 Å². The van der Waals surface area contributed by atoms with Crippen LogP contribution >= 0.6 is 0 Å². The average molecular weight is 516 g/mol. The predicted octanol–water partition coefficient (Wildman–Crippen LogP) is 3.48. The number of halogens is 1. The molecule has 0 saturated carbocycles. The molecule has 0 spiro atoms. The number of benzene rings is 2. The van der Waals surface area contributed by atoms with Crippen molar-refractivity contribution in [1.82, 2.24) is 20.0 Å². The minimum absolute atomic E-state index is 0.0176. The Balaban J connectivity index is 1.43. The molecule has 0 aliphatic carbocycles. The summed E-state index contributed by atoms with van der Waals surface area (Å²) in [5.74, 6) is 5.36. The zero-order valence-electron chi connectivity index (χ0n) is 20.4. The number of carboxylic acids is 1. The van der Waals surface area contributed by atoms with E-state index in [1.165, 1.54) is 12.1 Å². The van der Waals surface area contributed by atoms with E-state index in [9.17, 15) is 14.3 Å². The molecule has 10 nitrogen and oxygen atoms in total. The van der Waals surface area contributed by atoms with Crippen molar-refractivity contribution >= 4 is 23.1 Å². The lowest BCUT2D eigenvalue weighted by atomic mass is 10.1. The number of anilines is 1. The predicted molar refractivity (Wildman–Crippen MR) is 139 cm³/mol. The third-order valence-electron chi connectivity index (χ3n) is 6.46. The number of nitrogens with two attached hydrogens (primary N) is 2. The van der Waals surface area contributed by atoms with Crippen LogP contribution in [0.3, 0.4) is 0 Å². The first-order valence-corrected chi connectivity index (χ1v) is 12.0. The Hall–Kier alpha value is -4.61. The second-order valence-electron chi connectivity index (χ2n) is 8.91. The van der Waals surface area contributed by atoms with E-state index in [0.717, 1.165) is 23.5 Å². The Morgan fingerprint density at radius 2 is 1.87 bits per heavy atom. The Kier molecular flexibility index (Phi) is 7.11. The second-order valence-corrected chi connectivity index (χ2v) is 8.91. The molecule has 1 atom stereocenters. The molecule has 0 radical (unpaired) electrons. The molecule has 5 rings (SSSR count). The zero-order chi connectivity index (χ0) is 26.6. The van der Waals surface area contributed by atoms with Gasteiger partial charge in [-0.25, -0.2) is 10.2 Å². The molecule has 38 heavy (non-hydrogen) atoms. The number of pyridine rings is 1. The molecule has 0 unspecified atom stereocenters. The van der Waals surface area contributed by atoms with Crippen LogP contribution < -0.4 is 16.6 Å². The summed E-state index contributed by atoms with van der Waals surface area (Å²) in [5, 5.41) is 14.6. The molecule has 5 N–H and O–H groups in total. The van der Waals surface area contributed by atoms with E-state index < -0.39 is 17.8 Å². The topological polar surface area (TPSA) is 148 Å². The lowest BCUT2D eigenvalue weighted by Gasteiger charge is -2.23. The normalized spacial score (nSPS) is 16.3. The van der Waals surface area contributed by atoms with Gasteiger partial charge in [0.25, 0.3) is 5.89 Å². The molecule has 194 valence electrons. The number of hydrogen-bond donors (Lipinski definition) is 3. The van der Waals surface area contributed by atoms with E-state index in [1.807, 2.05) is 29.2 Å². The van der Waals surface area contributed by atoms with Crippen molar-refractivity contribution < 1.29 is 18.8 Å². The minimum atomic E-state index is -0.790. The molecule has 3 heterocycles. The Bertz CT molecular complexity index is 1460. The van der Waals surface area contributed by atoms with Crippen LogP contribution in [0.2, 0.25) is 0 Å². The van der Waals surface area contributed by atoms with Gasteiger partial charge in [0.1, 0.15) is 17.6 Å². The molecular formula is C27H26FN7O3. The van der Waals surface area contributed by atoms with Gasteiger partial charge >= 0.3 is 5.97 Å². The van der Waals surface area contributed by atoms with Crippen molar-refractivity contribution in [2.24, 2.45) is 11.6 Å². The first-order valence-electron chi connectivity index (χ1n) is 12.0. The summed E-state index contributed by atoms with van der Waals surface area (Å²) in [4.78, 5) is 21.9. The van der Waals surface area contributed by atoms with Gasteiger partial charge in [-0.1, -0.05) is 41.6 Å². The molecule has 1 saturated heterocycles. The Morgan fingerprint density at radius 3 is 2.58 bits per heavy atom. The zero-order valence-corrected chi connectivity index (χ0v) is 20.4. The summed E-state index contributed by atoms with van der Waals surface area (Å²) in [6.45, 7) is 1.30. The fourth-order valence-corrected chi connectivity index (χ4v) is 4.54. The number of hydrogen-bond acceptors (Lipinski definition) is 9.